The minimum Gasteiger partial charge on any atom is -0.465 e. The van der Waals surface area contributed by atoms with Crippen molar-refractivity contribution in [3.8, 4) is 0 Å². The van der Waals surface area contributed by atoms with E-state index in [4.69, 9.17) is 9.47 Å². The zero-order valence-corrected chi connectivity index (χ0v) is 15.6. The van der Waals surface area contributed by atoms with Crippen LogP contribution >= 0.6 is 0 Å². The number of ether oxygens (including phenoxy) is 2. The van der Waals surface area contributed by atoms with Gasteiger partial charge in [0.25, 0.3) is 0 Å². The van der Waals surface area contributed by atoms with Crippen molar-refractivity contribution in [1.29, 1.82) is 0 Å². The molecule has 0 aromatic heterocycles. The van der Waals surface area contributed by atoms with Gasteiger partial charge in [-0.05, 0) is 20.3 Å². The third kappa shape index (κ3) is 6.18. The Hall–Kier alpha value is -1.62. The van der Waals surface area contributed by atoms with Gasteiger partial charge in [-0.15, -0.1) is 0 Å². The molecule has 4 nitrogen and oxygen atoms in total. The lowest BCUT2D eigenvalue weighted by Crippen LogP contribution is -2.41. The molecular weight excluding hydrogens is 308 g/mol. The van der Waals surface area contributed by atoms with Crippen molar-refractivity contribution in [2.75, 3.05) is 13.2 Å². The van der Waals surface area contributed by atoms with Gasteiger partial charge in [-0.1, -0.05) is 61.1 Å². The highest BCUT2D eigenvalue weighted by atomic mass is 28.3. The average Bonchev–Trinajstić information content (AvgIpc) is 2.52. The lowest BCUT2D eigenvalue weighted by Gasteiger charge is -2.23. The summed E-state index contributed by atoms with van der Waals surface area (Å²) < 4.78 is 10.0. The Bertz CT molecular complexity index is 481. The molecule has 0 aliphatic heterocycles. The monoisotopic (exact) mass is 336 g/mol. The van der Waals surface area contributed by atoms with Gasteiger partial charge in [0.2, 0.25) is 0 Å². The topological polar surface area (TPSA) is 52.6 Å². The average molecular weight is 337 g/mol. The first-order valence-corrected chi connectivity index (χ1v) is 11.5. The number of esters is 2. The molecular formula is C18H28O4Si. The summed E-state index contributed by atoms with van der Waals surface area (Å²) in [6, 6.07) is 11.5. The standard InChI is InChI=1S/C18H28O4Si/c1-5-21-17(19)16(18(20)22-6-2)13-10-14-23(3,4)15-11-8-7-9-12-15/h7-9,11-12,16H,5-6,10,13-14H2,1-4H3. The van der Waals surface area contributed by atoms with Crippen molar-refractivity contribution in [3.05, 3.63) is 30.3 Å². The van der Waals surface area contributed by atoms with Crippen LogP contribution in [0.3, 0.4) is 0 Å². The van der Waals surface area contributed by atoms with Crippen LogP contribution in [0.1, 0.15) is 26.7 Å². The summed E-state index contributed by atoms with van der Waals surface area (Å²) in [6.45, 7) is 8.66. The summed E-state index contributed by atoms with van der Waals surface area (Å²) in [5.41, 5.74) is 0. The number of benzene rings is 1. The van der Waals surface area contributed by atoms with E-state index in [-0.39, 0.29) is 13.2 Å². The zero-order valence-electron chi connectivity index (χ0n) is 14.6. The van der Waals surface area contributed by atoms with E-state index < -0.39 is 25.9 Å². The van der Waals surface area contributed by atoms with Crippen molar-refractivity contribution < 1.29 is 19.1 Å². The molecule has 0 fully saturated rings. The van der Waals surface area contributed by atoms with Gasteiger partial charge in [-0.3, -0.25) is 9.59 Å². The van der Waals surface area contributed by atoms with Crippen molar-refractivity contribution in [2.45, 2.75) is 45.8 Å². The second kappa shape index (κ2) is 9.50. The second-order valence-electron chi connectivity index (χ2n) is 6.20. The summed E-state index contributed by atoms with van der Waals surface area (Å²) in [4.78, 5) is 23.9. The lowest BCUT2D eigenvalue weighted by molar-refractivity contribution is -0.161. The minimum atomic E-state index is -1.56. The van der Waals surface area contributed by atoms with Crippen LogP contribution in [0.2, 0.25) is 19.1 Å². The fraction of sp³-hybridized carbons (Fsp3) is 0.556. The normalized spacial score (nSPS) is 11.3. The maximum atomic E-state index is 12.0. The first-order valence-electron chi connectivity index (χ1n) is 8.31. The largest absolute Gasteiger partial charge is 0.465 e. The maximum absolute atomic E-state index is 12.0. The lowest BCUT2D eigenvalue weighted by atomic mass is 10.0. The highest BCUT2D eigenvalue weighted by Crippen LogP contribution is 2.19. The van der Waals surface area contributed by atoms with E-state index >= 15 is 0 Å². The molecule has 0 aliphatic rings. The molecule has 128 valence electrons. The van der Waals surface area contributed by atoms with E-state index in [1.807, 2.05) is 6.07 Å². The highest BCUT2D eigenvalue weighted by Gasteiger charge is 2.30. The van der Waals surface area contributed by atoms with Gasteiger partial charge in [0.15, 0.2) is 5.92 Å². The van der Waals surface area contributed by atoms with Crippen LogP contribution in [0.4, 0.5) is 0 Å². The van der Waals surface area contributed by atoms with Gasteiger partial charge in [0.05, 0.1) is 21.3 Å². The summed E-state index contributed by atoms with van der Waals surface area (Å²) in [6.07, 6.45) is 1.30. The molecule has 0 heterocycles. The van der Waals surface area contributed by atoms with E-state index in [0.717, 1.165) is 12.5 Å². The smallest absolute Gasteiger partial charge is 0.320 e. The number of rotatable bonds is 9. The molecule has 0 radical (unpaired) electrons. The SMILES string of the molecule is CCOC(=O)C(CCC[Si](C)(C)c1ccccc1)C(=O)OCC. The van der Waals surface area contributed by atoms with Crippen molar-refractivity contribution in [2.24, 2.45) is 5.92 Å². The number of hydrogen-bond acceptors (Lipinski definition) is 4. The van der Waals surface area contributed by atoms with Crippen LogP contribution < -0.4 is 5.19 Å². The molecule has 0 unspecified atom stereocenters. The van der Waals surface area contributed by atoms with Crippen LogP contribution in [-0.4, -0.2) is 33.2 Å². The Morgan fingerprint density at radius 3 is 2.00 bits per heavy atom. The number of hydrogen-bond donors (Lipinski definition) is 0. The second-order valence-corrected chi connectivity index (χ2v) is 11.0. The molecule has 0 saturated carbocycles. The van der Waals surface area contributed by atoms with Gasteiger partial charge < -0.3 is 9.47 Å². The molecule has 0 aliphatic carbocycles. The summed E-state index contributed by atoms with van der Waals surface area (Å²) in [7, 11) is -1.56. The Kier molecular flexibility index (Phi) is 8.02. The van der Waals surface area contributed by atoms with Crippen molar-refractivity contribution in [3.63, 3.8) is 0 Å². The van der Waals surface area contributed by atoms with Crippen LogP contribution in [-0.2, 0) is 19.1 Å². The predicted molar refractivity (Wildman–Crippen MR) is 94.4 cm³/mol. The molecule has 1 aromatic carbocycles. The third-order valence-electron chi connectivity index (χ3n) is 3.99. The quantitative estimate of drug-likeness (QED) is 0.395. The van der Waals surface area contributed by atoms with Crippen molar-refractivity contribution in [1.82, 2.24) is 0 Å². The van der Waals surface area contributed by atoms with Gasteiger partial charge >= 0.3 is 11.9 Å². The van der Waals surface area contributed by atoms with Gasteiger partial charge in [-0.2, -0.15) is 0 Å². The minimum absolute atomic E-state index is 0.277. The van der Waals surface area contributed by atoms with Crippen LogP contribution in [0.25, 0.3) is 0 Å². The molecule has 1 aromatic rings. The Morgan fingerprint density at radius 2 is 1.52 bits per heavy atom. The molecule has 0 atom stereocenters. The van der Waals surface area contributed by atoms with Gasteiger partial charge in [0.1, 0.15) is 0 Å². The fourth-order valence-electron chi connectivity index (χ4n) is 2.60. The Balaban J connectivity index is 2.64. The molecule has 0 spiro atoms. The third-order valence-corrected chi connectivity index (χ3v) is 7.49. The molecule has 0 bridgehead atoms. The predicted octanol–water partition coefficient (Wildman–Crippen LogP) is 3.12. The van der Waals surface area contributed by atoms with Gasteiger partial charge in [0, 0.05) is 0 Å². The Labute approximate surface area is 140 Å². The first-order chi connectivity index (χ1) is 10.9. The van der Waals surface area contributed by atoms with Crippen LogP contribution in [0.5, 0.6) is 0 Å². The van der Waals surface area contributed by atoms with Crippen LogP contribution in [0, 0.1) is 5.92 Å². The molecule has 23 heavy (non-hydrogen) atoms. The molecule has 5 heteroatoms. The summed E-state index contributed by atoms with van der Waals surface area (Å²) in [5, 5.41) is 1.39. The first kappa shape index (κ1) is 19.4. The number of carbonyl (C=O) groups excluding carboxylic acids is 2. The Morgan fingerprint density at radius 1 is 1.00 bits per heavy atom. The fourth-order valence-corrected chi connectivity index (χ4v) is 5.07. The van der Waals surface area contributed by atoms with Crippen LogP contribution in [0.15, 0.2) is 30.3 Å². The van der Waals surface area contributed by atoms with E-state index in [2.05, 4.69) is 37.4 Å². The summed E-state index contributed by atoms with van der Waals surface area (Å²) >= 11 is 0. The number of carbonyl (C=O) groups is 2. The van der Waals surface area contributed by atoms with Crippen molar-refractivity contribution >= 4 is 25.2 Å². The van der Waals surface area contributed by atoms with E-state index in [1.165, 1.54) is 5.19 Å². The zero-order chi connectivity index (χ0) is 17.3. The van der Waals surface area contributed by atoms with Gasteiger partial charge in [-0.25, -0.2) is 0 Å². The molecule has 0 amide bonds. The summed E-state index contributed by atoms with van der Waals surface area (Å²) in [5.74, 6) is -1.73. The van der Waals surface area contributed by atoms with E-state index in [9.17, 15) is 9.59 Å². The highest BCUT2D eigenvalue weighted by molar-refractivity contribution is 6.89. The molecule has 0 saturated heterocycles. The van der Waals surface area contributed by atoms with E-state index in [1.54, 1.807) is 13.8 Å². The maximum Gasteiger partial charge on any atom is 0.320 e. The molecule has 0 N–H and O–H groups in total. The van der Waals surface area contributed by atoms with E-state index in [0.29, 0.717) is 6.42 Å². The molecule has 1 rings (SSSR count).